The lowest BCUT2D eigenvalue weighted by atomic mass is 9.94. The van der Waals surface area contributed by atoms with Gasteiger partial charge >= 0.3 is 5.97 Å². The van der Waals surface area contributed by atoms with Crippen LogP contribution in [0.2, 0.25) is 0 Å². The molecule has 1 aliphatic carbocycles. The number of benzene rings is 1. The normalized spacial score (nSPS) is 16.3. The zero-order valence-electron chi connectivity index (χ0n) is 12.2. The SMILES string of the molecule is CN(CCOC(=O)c1ccc(N)cc1)C1CCCCC1. The Hall–Kier alpha value is -1.55. The van der Waals surface area contributed by atoms with Crippen molar-refractivity contribution in [3.05, 3.63) is 29.8 Å². The van der Waals surface area contributed by atoms with Crippen LogP contribution < -0.4 is 5.73 Å². The third kappa shape index (κ3) is 4.23. The molecule has 0 aromatic heterocycles. The molecule has 0 unspecified atom stereocenters. The van der Waals surface area contributed by atoms with Gasteiger partial charge in [0.25, 0.3) is 0 Å². The summed E-state index contributed by atoms with van der Waals surface area (Å²) in [5, 5.41) is 0. The number of nitrogens with zero attached hydrogens (tertiary/aromatic N) is 1. The fourth-order valence-corrected chi connectivity index (χ4v) is 2.69. The molecule has 0 saturated heterocycles. The second-order valence-electron chi connectivity index (χ2n) is 5.53. The maximum atomic E-state index is 11.8. The molecule has 0 heterocycles. The molecule has 0 amide bonds. The molecule has 1 aromatic rings. The number of ether oxygens (including phenoxy) is 1. The van der Waals surface area contributed by atoms with Crippen molar-refractivity contribution in [1.29, 1.82) is 0 Å². The molecule has 20 heavy (non-hydrogen) atoms. The number of rotatable bonds is 5. The van der Waals surface area contributed by atoms with E-state index in [1.54, 1.807) is 24.3 Å². The second-order valence-corrected chi connectivity index (χ2v) is 5.53. The molecule has 2 N–H and O–H groups in total. The second kappa shape index (κ2) is 7.29. The first-order valence-corrected chi connectivity index (χ1v) is 7.40. The highest BCUT2D eigenvalue weighted by Crippen LogP contribution is 2.21. The van der Waals surface area contributed by atoms with Crippen molar-refractivity contribution in [3.8, 4) is 0 Å². The first-order chi connectivity index (χ1) is 9.66. The van der Waals surface area contributed by atoms with E-state index in [0.717, 1.165) is 6.54 Å². The Morgan fingerprint density at radius 1 is 1.25 bits per heavy atom. The summed E-state index contributed by atoms with van der Waals surface area (Å²) in [4.78, 5) is 14.1. The average molecular weight is 276 g/mol. The Kier molecular flexibility index (Phi) is 5.41. The number of hydrogen-bond acceptors (Lipinski definition) is 4. The Balaban J connectivity index is 1.72. The molecule has 4 heteroatoms. The van der Waals surface area contributed by atoms with E-state index in [9.17, 15) is 4.79 Å². The topological polar surface area (TPSA) is 55.6 Å². The highest BCUT2D eigenvalue weighted by atomic mass is 16.5. The van der Waals surface area contributed by atoms with Gasteiger partial charge in [-0.05, 0) is 44.2 Å². The van der Waals surface area contributed by atoms with Gasteiger partial charge in [0.1, 0.15) is 6.61 Å². The monoisotopic (exact) mass is 276 g/mol. The molecule has 110 valence electrons. The summed E-state index contributed by atoms with van der Waals surface area (Å²) in [6, 6.07) is 7.47. The van der Waals surface area contributed by atoms with Crippen LogP contribution in [0, 0.1) is 0 Å². The number of carbonyl (C=O) groups excluding carboxylic acids is 1. The van der Waals surface area contributed by atoms with E-state index >= 15 is 0 Å². The van der Waals surface area contributed by atoms with Gasteiger partial charge in [-0.1, -0.05) is 19.3 Å². The molecule has 0 radical (unpaired) electrons. The van der Waals surface area contributed by atoms with E-state index in [2.05, 4.69) is 11.9 Å². The third-order valence-electron chi connectivity index (χ3n) is 4.02. The van der Waals surface area contributed by atoms with E-state index in [1.165, 1.54) is 32.1 Å². The maximum Gasteiger partial charge on any atom is 0.338 e. The molecule has 1 fully saturated rings. The Morgan fingerprint density at radius 3 is 2.55 bits per heavy atom. The summed E-state index contributed by atoms with van der Waals surface area (Å²) in [7, 11) is 2.12. The van der Waals surface area contributed by atoms with Crippen LogP contribution in [0.4, 0.5) is 5.69 Å². The van der Waals surface area contributed by atoms with Crippen LogP contribution in [-0.2, 0) is 4.74 Å². The zero-order chi connectivity index (χ0) is 14.4. The Morgan fingerprint density at radius 2 is 1.90 bits per heavy atom. The number of nitrogens with two attached hydrogens (primary N) is 1. The van der Waals surface area contributed by atoms with Gasteiger partial charge in [0.15, 0.2) is 0 Å². The summed E-state index contributed by atoms with van der Waals surface area (Å²) in [5.41, 5.74) is 6.80. The van der Waals surface area contributed by atoms with E-state index in [1.807, 2.05) is 0 Å². The summed E-state index contributed by atoms with van der Waals surface area (Å²) < 4.78 is 5.31. The Labute approximate surface area is 120 Å². The molecule has 1 saturated carbocycles. The largest absolute Gasteiger partial charge is 0.461 e. The third-order valence-corrected chi connectivity index (χ3v) is 4.02. The van der Waals surface area contributed by atoms with E-state index < -0.39 is 0 Å². The summed E-state index contributed by atoms with van der Waals surface area (Å²) in [5.74, 6) is -0.276. The van der Waals surface area contributed by atoms with Crippen LogP contribution in [0.3, 0.4) is 0 Å². The lowest BCUT2D eigenvalue weighted by molar-refractivity contribution is 0.0443. The van der Waals surface area contributed by atoms with Crippen LogP contribution in [0.15, 0.2) is 24.3 Å². The highest BCUT2D eigenvalue weighted by Gasteiger charge is 2.18. The number of anilines is 1. The lowest BCUT2D eigenvalue weighted by Crippen LogP contribution is -2.36. The minimum absolute atomic E-state index is 0.276. The van der Waals surface area contributed by atoms with E-state index in [0.29, 0.717) is 23.9 Å². The van der Waals surface area contributed by atoms with Gasteiger partial charge in [0.2, 0.25) is 0 Å². The molecular weight excluding hydrogens is 252 g/mol. The molecule has 2 rings (SSSR count). The number of nitrogen functional groups attached to an aromatic ring is 1. The summed E-state index contributed by atoms with van der Waals surface area (Å²) in [6.45, 7) is 1.24. The van der Waals surface area contributed by atoms with Crippen molar-refractivity contribution in [2.45, 2.75) is 38.1 Å². The van der Waals surface area contributed by atoms with Crippen molar-refractivity contribution in [1.82, 2.24) is 4.90 Å². The Bertz CT molecular complexity index is 425. The van der Waals surface area contributed by atoms with Crippen molar-refractivity contribution in [3.63, 3.8) is 0 Å². The predicted molar refractivity (Wildman–Crippen MR) is 80.6 cm³/mol. The number of esters is 1. The van der Waals surface area contributed by atoms with Gasteiger partial charge in [-0.15, -0.1) is 0 Å². The van der Waals surface area contributed by atoms with Crippen molar-refractivity contribution < 1.29 is 9.53 Å². The maximum absolute atomic E-state index is 11.8. The smallest absolute Gasteiger partial charge is 0.338 e. The number of hydrogen-bond donors (Lipinski definition) is 1. The summed E-state index contributed by atoms with van der Waals surface area (Å²) >= 11 is 0. The van der Waals surface area contributed by atoms with Crippen molar-refractivity contribution in [2.24, 2.45) is 0 Å². The molecule has 1 aromatic carbocycles. The van der Waals surface area contributed by atoms with E-state index in [4.69, 9.17) is 10.5 Å². The molecule has 4 nitrogen and oxygen atoms in total. The highest BCUT2D eigenvalue weighted by molar-refractivity contribution is 5.89. The fourth-order valence-electron chi connectivity index (χ4n) is 2.69. The minimum Gasteiger partial charge on any atom is -0.461 e. The van der Waals surface area contributed by atoms with Crippen LogP contribution in [0.25, 0.3) is 0 Å². The first-order valence-electron chi connectivity index (χ1n) is 7.40. The molecule has 0 bridgehead atoms. The van der Waals surface area contributed by atoms with E-state index in [-0.39, 0.29) is 5.97 Å². The standard InChI is InChI=1S/C16H24N2O2/c1-18(15-5-3-2-4-6-15)11-12-20-16(19)13-7-9-14(17)10-8-13/h7-10,15H,2-6,11-12,17H2,1H3. The summed E-state index contributed by atoms with van der Waals surface area (Å²) in [6.07, 6.45) is 6.53. The molecular formula is C16H24N2O2. The van der Waals surface area contributed by atoms with Gasteiger partial charge < -0.3 is 15.4 Å². The fraction of sp³-hybridized carbons (Fsp3) is 0.562. The molecule has 0 aliphatic heterocycles. The first kappa shape index (κ1) is 14.9. The minimum atomic E-state index is -0.276. The van der Waals surface area contributed by atoms with Crippen LogP contribution >= 0.6 is 0 Å². The van der Waals surface area contributed by atoms with Crippen molar-refractivity contribution in [2.75, 3.05) is 25.9 Å². The molecule has 1 aliphatic rings. The lowest BCUT2D eigenvalue weighted by Gasteiger charge is -2.30. The van der Waals surface area contributed by atoms with Crippen LogP contribution in [-0.4, -0.2) is 37.1 Å². The van der Waals surface area contributed by atoms with Crippen molar-refractivity contribution >= 4 is 11.7 Å². The zero-order valence-corrected chi connectivity index (χ0v) is 12.2. The van der Waals surface area contributed by atoms with Crippen LogP contribution in [0.1, 0.15) is 42.5 Å². The average Bonchev–Trinajstić information content (AvgIpc) is 2.48. The molecule has 0 spiro atoms. The van der Waals surface area contributed by atoms with Gasteiger partial charge in [0.05, 0.1) is 5.56 Å². The quantitative estimate of drug-likeness (QED) is 0.663. The van der Waals surface area contributed by atoms with Gasteiger partial charge in [0, 0.05) is 18.3 Å². The predicted octanol–water partition coefficient (Wildman–Crippen LogP) is 2.69. The molecule has 0 atom stereocenters. The van der Waals surface area contributed by atoms with Gasteiger partial charge in [-0.2, -0.15) is 0 Å². The van der Waals surface area contributed by atoms with Gasteiger partial charge in [-0.25, -0.2) is 4.79 Å². The number of carbonyl (C=O) groups is 1. The van der Waals surface area contributed by atoms with Crippen LogP contribution in [0.5, 0.6) is 0 Å². The van der Waals surface area contributed by atoms with Gasteiger partial charge in [-0.3, -0.25) is 0 Å². The number of likely N-dealkylation sites (N-methyl/N-ethyl adjacent to an activating group) is 1.